The minimum absolute atomic E-state index is 0.0459. The Morgan fingerprint density at radius 2 is 1.71 bits per heavy atom. The molecule has 1 N–H and O–H groups in total. The molecule has 0 aliphatic heterocycles. The maximum Gasteiger partial charge on any atom is 0.170 e. The molecule has 0 bridgehead atoms. The Kier molecular flexibility index (Phi) is 3.24. The number of phenolic OH excluding ortho intramolecular Hbond substituents is 1. The van der Waals surface area contributed by atoms with Crippen molar-refractivity contribution in [1.29, 1.82) is 0 Å². The van der Waals surface area contributed by atoms with Gasteiger partial charge >= 0.3 is 0 Å². The van der Waals surface area contributed by atoms with Gasteiger partial charge in [-0.05, 0) is 24.6 Å². The normalized spacial score (nSPS) is 10.2. The lowest BCUT2D eigenvalue weighted by atomic mass is 10.0. The molecule has 2 nitrogen and oxygen atoms in total. The molecule has 2 rings (SSSR count). The molecule has 2 heteroatoms. The number of ketones is 1. The highest BCUT2D eigenvalue weighted by atomic mass is 16.3. The van der Waals surface area contributed by atoms with Gasteiger partial charge in [0.15, 0.2) is 5.78 Å². The van der Waals surface area contributed by atoms with E-state index in [1.54, 1.807) is 18.2 Å². The summed E-state index contributed by atoms with van der Waals surface area (Å²) < 4.78 is 0. The van der Waals surface area contributed by atoms with Crippen LogP contribution in [0.25, 0.3) is 0 Å². The third-order valence-electron chi connectivity index (χ3n) is 2.69. The lowest BCUT2D eigenvalue weighted by molar-refractivity contribution is 0.0990. The summed E-state index contributed by atoms with van der Waals surface area (Å²) in [4.78, 5) is 12.0. The molecule has 2 aromatic carbocycles. The van der Waals surface area contributed by atoms with Gasteiger partial charge in [0, 0.05) is 6.42 Å². The van der Waals surface area contributed by atoms with E-state index in [0.717, 1.165) is 5.56 Å². The number of aryl methyl sites for hydroxylation is 1. The van der Waals surface area contributed by atoms with Gasteiger partial charge in [-0.2, -0.15) is 0 Å². The summed E-state index contributed by atoms with van der Waals surface area (Å²) in [5.74, 6) is -0.0171. The molecular weight excluding hydrogens is 212 g/mol. The van der Waals surface area contributed by atoms with Crippen LogP contribution < -0.4 is 0 Å². The number of para-hydroxylation sites is 1. The lowest BCUT2D eigenvalue weighted by Crippen LogP contribution is -2.03. The Morgan fingerprint density at radius 3 is 2.35 bits per heavy atom. The first-order valence-electron chi connectivity index (χ1n) is 5.53. The first-order chi connectivity index (χ1) is 8.16. The quantitative estimate of drug-likeness (QED) is 0.816. The average Bonchev–Trinajstić information content (AvgIpc) is 2.32. The van der Waals surface area contributed by atoms with Crippen LogP contribution in [0.15, 0.2) is 48.5 Å². The van der Waals surface area contributed by atoms with E-state index < -0.39 is 0 Å². The van der Waals surface area contributed by atoms with Crippen molar-refractivity contribution in [2.24, 2.45) is 0 Å². The second kappa shape index (κ2) is 4.83. The zero-order valence-electron chi connectivity index (χ0n) is 9.68. The van der Waals surface area contributed by atoms with Crippen molar-refractivity contribution < 1.29 is 9.90 Å². The number of benzene rings is 2. The monoisotopic (exact) mass is 226 g/mol. The Labute approximate surface area is 101 Å². The number of hydrogen-bond acceptors (Lipinski definition) is 2. The Hall–Kier alpha value is -2.09. The molecule has 0 heterocycles. The molecule has 0 aromatic heterocycles. The number of carbonyl (C=O) groups is 1. The van der Waals surface area contributed by atoms with E-state index in [0.29, 0.717) is 12.0 Å². The van der Waals surface area contributed by atoms with Crippen LogP contribution in [0, 0.1) is 6.92 Å². The molecule has 0 radical (unpaired) electrons. The van der Waals surface area contributed by atoms with Crippen LogP contribution in [-0.2, 0) is 6.42 Å². The molecule has 0 atom stereocenters. The minimum Gasteiger partial charge on any atom is -0.507 e. The molecular formula is C15H14O2. The molecule has 17 heavy (non-hydrogen) atoms. The second-order valence-corrected chi connectivity index (χ2v) is 4.10. The molecule has 0 fully saturated rings. The topological polar surface area (TPSA) is 37.3 Å². The van der Waals surface area contributed by atoms with Gasteiger partial charge in [0.1, 0.15) is 5.75 Å². The van der Waals surface area contributed by atoms with E-state index >= 15 is 0 Å². The van der Waals surface area contributed by atoms with Crippen molar-refractivity contribution in [3.63, 3.8) is 0 Å². The average molecular weight is 226 g/mol. The van der Waals surface area contributed by atoms with E-state index in [2.05, 4.69) is 0 Å². The summed E-state index contributed by atoms with van der Waals surface area (Å²) in [6.07, 6.45) is 0.317. The van der Waals surface area contributed by atoms with Gasteiger partial charge in [-0.25, -0.2) is 0 Å². The zero-order valence-corrected chi connectivity index (χ0v) is 9.68. The fraction of sp³-hybridized carbons (Fsp3) is 0.133. The van der Waals surface area contributed by atoms with Crippen LogP contribution in [0.4, 0.5) is 0 Å². The van der Waals surface area contributed by atoms with Crippen molar-refractivity contribution in [2.45, 2.75) is 13.3 Å². The first kappa shape index (κ1) is 11.4. The van der Waals surface area contributed by atoms with Crippen LogP contribution in [0.3, 0.4) is 0 Å². The fourth-order valence-corrected chi connectivity index (χ4v) is 1.70. The molecule has 2 aromatic rings. The van der Waals surface area contributed by atoms with Crippen molar-refractivity contribution in [2.75, 3.05) is 0 Å². The SMILES string of the molecule is Cc1ccc(CC(=O)c2ccccc2O)cc1. The molecule has 0 aliphatic rings. The molecule has 0 aliphatic carbocycles. The second-order valence-electron chi connectivity index (χ2n) is 4.10. The maximum absolute atomic E-state index is 12.0. The number of aromatic hydroxyl groups is 1. The largest absolute Gasteiger partial charge is 0.507 e. The predicted octanol–water partition coefficient (Wildman–Crippen LogP) is 3.13. The van der Waals surface area contributed by atoms with Gasteiger partial charge < -0.3 is 5.11 Å². The van der Waals surface area contributed by atoms with Crippen LogP contribution in [0.1, 0.15) is 21.5 Å². The van der Waals surface area contributed by atoms with Crippen LogP contribution >= 0.6 is 0 Å². The molecule has 0 unspecified atom stereocenters. The highest BCUT2D eigenvalue weighted by Crippen LogP contribution is 2.18. The van der Waals surface area contributed by atoms with Crippen LogP contribution in [0.2, 0.25) is 0 Å². The summed E-state index contributed by atoms with van der Waals surface area (Å²) in [5.41, 5.74) is 2.51. The number of carbonyl (C=O) groups excluding carboxylic acids is 1. The summed E-state index contributed by atoms with van der Waals surface area (Å²) in [7, 11) is 0. The third-order valence-corrected chi connectivity index (χ3v) is 2.69. The molecule has 0 amide bonds. The van der Waals surface area contributed by atoms with Crippen LogP contribution in [0.5, 0.6) is 5.75 Å². The van der Waals surface area contributed by atoms with E-state index in [9.17, 15) is 9.90 Å². The lowest BCUT2D eigenvalue weighted by Gasteiger charge is -2.04. The highest BCUT2D eigenvalue weighted by molar-refractivity contribution is 5.99. The maximum atomic E-state index is 12.0. The van der Waals surface area contributed by atoms with Gasteiger partial charge in [0.25, 0.3) is 0 Å². The third kappa shape index (κ3) is 2.72. The summed E-state index contributed by atoms with van der Waals surface area (Å²) in [6.45, 7) is 2.01. The van der Waals surface area contributed by atoms with E-state index in [-0.39, 0.29) is 11.5 Å². The Morgan fingerprint density at radius 1 is 1.06 bits per heavy atom. The molecule has 0 saturated heterocycles. The van der Waals surface area contributed by atoms with Gasteiger partial charge in [0.2, 0.25) is 0 Å². The fourth-order valence-electron chi connectivity index (χ4n) is 1.70. The predicted molar refractivity (Wildman–Crippen MR) is 67.3 cm³/mol. The number of Topliss-reactive ketones (excluding diaryl/α,β-unsaturated/α-hetero) is 1. The zero-order chi connectivity index (χ0) is 12.3. The number of rotatable bonds is 3. The standard InChI is InChI=1S/C15H14O2/c1-11-6-8-12(9-7-11)10-15(17)13-4-2-3-5-14(13)16/h2-9,16H,10H2,1H3. The van der Waals surface area contributed by atoms with Gasteiger partial charge in [-0.1, -0.05) is 42.0 Å². The number of hydrogen-bond donors (Lipinski definition) is 1. The van der Waals surface area contributed by atoms with E-state index in [1.165, 1.54) is 11.6 Å². The highest BCUT2D eigenvalue weighted by Gasteiger charge is 2.10. The Balaban J connectivity index is 2.17. The van der Waals surface area contributed by atoms with E-state index in [1.807, 2.05) is 31.2 Å². The van der Waals surface area contributed by atoms with Crippen molar-refractivity contribution >= 4 is 5.78 Å². The van der Waals surface area contributed by atoms with Gasteiger partial charge in [-0.3, -0.25) is 4.79 Å². The summed E-state index contributed by atoms with van der Waals surface area (Å²) in [5, 5.41) is 9.58. The molecule has 86 valence electrons. The van der Waals surface area contributed by atoms with Gasteiger partial charge in [-0.15, -0.1) is 0 Å². The van der Waals surface area contributed by atoms with Crippen molar-refractivity contribution in [3.05, 3.63) is 65.2 Å². The minimum atomic E-state index is -0.0630. The molecule has 0 spiro atoms. The van der Waals surface area contributed by atoms with Crippen molar-refractivity contribution in [1.82, 2.24) is 0 Å². The van der Waals surface area contributed by atoms with E-state index in [4.69, 9.17) is 0 Å². The molecule has 0 saturated carbocycles. The van der Waals surface area contributed by atoms with Crippen molar-refractivity contribution in [3.8, 4) is 5.75 Å². The summed E-state index contributed by atoms with van der Waals surface area (Å²) in [6, 6.07) is 14.5. The Bertz CT molecular complexity index is 527. The van der Waals surface area contributed by atoms with Crippen LogP contribution in [-0.4, -0.2) is 10.9 Å². The number of phenols is 1. The van der Waals surface area contributed by atoms with Gasteiger partial charge in [0.05, 0.1) is 5.56 Å². The summed E-state index contributed by atoms with van der Waals surface area (Å²) >= 11 is 0. The first-order valence-corrected chi connectivity index (χ1v) is 5.53. The smallest absolute Gasteiger partial charge is 0.170 e.